The minimum Gasteiger partial charge on any atom is -0.359 e. The Morgan fingerprint density at radius 1 is 1.24 bits per heavy atom. The SMILES string of the molecule is CCNC1CCCN(C2CCN(C)C2=O)c2ccccc21. The van der Waals surface area contributed by atoms with E-state index in [1.165, 1.54) is 11.3 Å². The van der Waals surface area contributed by atoms with Crippen molar-refractivity contribution in [2.75, 3.05) is 31.6 Å². The highest BCUT2D eigenvalue weighted by Crippen LogP contribution is 2.35. The molecule has 21 heavy (non-hydrogen) atoms. The molecule has 2 heterocycles. The molecule has 1 aromatic carbocycles. The molecule has 4 heteroatoms. The van der Waals surface area contributed by atoms with E-state index in [0.29, 0.717) is 6.04 Å². The number of likely N-dealkylation sites (N-methyl/N-ethyl adjacent to an activating group) is 1. The van der Waals surface area contributed by atoms with E-state index in [9.17, 15) is 4.79 Å². The van der Waals surface area contributed by atoms with Crippen LogP contribution in [0.5, 0.6) is 0 Å². The van der Waals surface area contributed by atoms with Gasteiger partial charge in [0.2, 0.25) is 5.91 Å². The van der Waals surface area contributed by atoms with Crippen molar-refractivity contribution in [3.63, 3.8) is 0 Å². The topological polar surface area (TPSA) is 35.6 Å². The number of carbonyl (C=O) groups is 1. The fourth-order valence-corrected chi connectivity index (χ4v) is 3.66. The maximum Gasteiger partial charge on any atom is 0.245 e. The van der Waals surface area contributed by atoms with Crippen LogP contribution in [0.2, 0.25) is 0 Å². The molecule has 2 aliphatic rings. The number of amides is 1. The number of nitrogens with one attached hydrogen (secondary N) is 1. The quantitative estimate of drug-likeness (QED) is 0.925. The first kappa shape index (κ1) is 14.4. The molecule has 1 N–H and O–H groups in total. The largest absolute Gasteiger partial charge is 0.359 e. The number of fused-ring (bicyclic) bond motifs is 1. The Hall–Kier alpha value is -1.55. The van der Waals surface area contributed by atoms with Gasteiger partial charge in [0, 0.05) is 31.9 Å². The first-order chi connectivity index (χ1) is 10.2. The van der Waals surface area contributed by atoms with E-state index in [1.807, 2.05) is 11.9 Å². The Morgan fingerprint density at radius 3 is 2.76 bits per heavy atom. The van der Waals surface area contributed by atoms with Crippen LogP contribution >= 0.6 is 0 Å². The van der Waals surface area contributed by atoms with E-state index >= 15 is 0 Å². The highest BCUT2D eigenvalue weighted by molar-refractivity contribution is 5.87. The second-order valence-corrected chi connectivity index (χ2v) is 6.07. The summed E-state index contributed by atoms with van der Waals surface area (Å²) in [5.74, 6) is 0.270. The van der Waals surface area contributed by atoms with Gasteiger partial charge in [-0.05, 0) is 37.4 Å². The summed E-state index contributed by atoms with van der Waals surface area (Å²) in [7, 11) is 1.91. The predicted molar refractivity (Wildman–Crippen MR) is 85.5 cm³/mol. The molecule has 1 amide bonds. The fraction of sp³-hybridized carbons (Fsp3) is 0.588. The van der Waals surface area contributed by atoms with Crippen molar-refractivity contribution >= 4 is 11.6 Å². The second-order valence-electron chi connectivity index (χ2n) is 6.07. The van der Waals surface area contributed by atoms with Crippen molar-refractivity contribution in [3.05, 3.63) is 29.8 Å². The molecule has 2 aliphatic heterocycles. The van der Waals surface area contributed by atoms with Crippen molar-refractivity contribution in [1.29, 1.82) is 0 Å². The third-order valence-electron chi connectivity index (χ3n) is 4.74. The van der Waals surface area contributed by atoms with Crippen LogP contribution in [-0.2, 0) is 4.79 Å². The van der Waals surface area contributed by atoms with Crippen LogP contribution < -0.4 is 10.2 Å². The van der Waals surface area contributed by atoms with Crippen LogP contribution in [-0.4, -0.2) is 43.5 Å². The highest BCUT2D eigenvalue weighted by Gasteiger charge is 2.36. The van der Waals surface area contributed by atoms with Crippen molar-refractivity contribution in [1.82, 2.24) is 10.2 Å². The number of hydrogen-bond acceptors (Lipinski definition) is 3. The van der Waals surface area contributed by atoms with Crippen molar-refractivity contribution in [2.24, 2.45) is 0 Å². The molecular weight excluding hydrogens is 262 g/mol. The number of para-hydroxylation sites is 1. The Labute approximate surface area is 127 Å². The van der Waals surface area contributed by atoms with Gasteiger partial charge in [0.1, 0.15) is 6.04 Å². The normalized spacial score (nSPS) is 25.9. The van der Waals surface area contributed by atoms with Crippen molar-refractivity contribution < 1.29 is 4.79 Å². The maximum atomic E-state index is 12.4. The zero-order chi connectivity index (χ0) is 14.8. The molecule has 0 aromatic heterocycles. The summed E-state index contributed by atoms with van der Waals surface area (Å²) in [6.07, 6.45) is 3.20. The van der Waals surface area contributed by atoms with Crippen LogP contribution in [0.4, 0.5) is 5.69 Å². The highest BCUT2D eigenvalue weighted by atomic mass is 16.2. The fourth-order valence-electron chi connectivity index (χ4n) is 3.66. The van der Waals surface area contributed by atoms with Crippen LogP contribution in [0, 0.1) is 0 Å². The van der Waals surface area contributed by atoms with Crippen LogP contribution in [0.1, 0.15) is 37.8 Å². The number of nitrogens with zero attached hydrogens (tertiary/aromatic N) is 2. The summed E-state index contributed by atoms with van der Waals surface area (Å²) < 4.78 is 0. The van der Waals surface area contributed by atoms with Gasteiger partial charge in [-0.15, -0.1) is 0 Å². The molecular formula is C17H25N3O. The third kappa shape index (κ3) is 2.64. The second kappa shape index (κ2) is 6.06. The summed E-state index contributed by atoms with van der Waals surface area (Å²) in [4.78, 5) is 16.6. The molecule has 1 aromatic rings. The summed E-state index contributed by atoms with van der Waals surface area (Å²) >= 11 is 0. The molecule has 3 rings (SSSR count). The van der Waals surface area contributed by atoms with Gasteiger partial charge < -0.3 is 15.1 Å². The summed E-state index contributed by atoms with van der Waals surface area (Å²) in [6.45, 7) is 4.98. The number of benzene rings is 1. The molecule has 2 atom stereocenters. The summed E-state index contributed by atoms with van der Waals surface area (Å²) in [5, 5.41) is 3.59. The molecule has 1 fully saturated rings. The van der Waals surface area contributed by atoms with Gasteiger partial charge in [-0.2, -0.15) is 0 Å². The molecule has 0 radical (unpaired) electrons. The van der Waals surface area contributed by atoms with Gasteiger partial charge in [0.15, 0.2) is 0 Å². The lowest BCUT2D eigenvalue weighted by Gasteiger charge is -2.30. The minimum atomic E-state index is 0.0246. The predicted octanol–water partition coefficient (Wildman–Crippen LogP) is 2.17. The first-order valence-electron chi connectivity index (χ1n) is 8.06. The number of hydrogen-bond donors (Lipinski definition) is 1. The molecule has 4 nitrogen and oxygen atoms in total. The molecule has 1 saturated heterocycles. The van der Waals surface area contributed by atoms with Gasteiger partial charge in [0.25, 0.3) is 0 Å². The van der Waals surface area contributed by atoms with Crippen LogP contribution in [0.3, 0.4) is 0 Å². The number of anilines is 1. The molecule has 0 aliphatic carbocycles. The Bertz CT molecular complexity index is 517. The van der Waals surface area contributed by atoms with Gasteiger partial charge in [-0.25, -0.2) is 0 Å². The molecule has 0 bridgehead atoms. The lowest BCUT2D eigenvalue weighted by Crippen LogP contribution is -2.41. The standard InChI is InChI=1S/C17H25N3O/c1-3-18-14-8-6-11-20(15-9-5-4-7-13(14)15)16-10-12-19(2)17(16)21/h4-5,7,9,14,16,18H,3,6,8,10-12H2,1-2H3. The summed E-state index contributed by atoms with van der Waals surface area (Å²) in [5.41, 5.74) is 2.59. The Balaban J connectivity index is 1.94. The lowest BCUT2D eigenvalue weighted by molar-refractivity contribution is -0.127. The maximum absolute atomic E-state index is 12.4. The van der Waals surface area contributed by atoms with E-state index in [0.717, 1.165) is 38.9 Å². The number of likely N-dealkylation sites (tertiary alicyclic amines) is 1. The number of carbonyl (C=O) groups excluding carboxylic acids is 1. The zero-order valence-corrected chi connectivity index (χ0v) is 13.0. The Morgan fingerprint density at radius 2 is 2.05 bits per heavy atom. The van der Waals surface area contributed by atoms with Gasteiger partial charge in [0.05, 0.1) is 0 Å². The Kier molecular flexibility index (Phi) is 4.15. The van der Waals surface area contributed by atoms with Crippen molar-refractivity contribution in [3.8, 4) is 0 Å². The van der Waals surface area contributed by atoms with E-state index in [2.05, 4.69) is 41.4 Å². The van der Waals surface area contributed by atoms with Gasteiger partial charge >= 0.3 is 0 Å². The molecule has 114 valence electrons. The minimum absolute atomic E-state index is 0.0246. The van der Waals surface area contributed by atoms with Gasteiger partial charge in [-0.1, -0.05) is 25.1 Å². The average molecular weight is 287 g/mol. The van der Waals surface area contributed by atoms with Crippen LogP contribution in [0.15, 0.2) is 24.3 Å². The zero-order valence-electron chi connectivity index (χ0n) is 13.0. The third-order valence-corrected chi connectivity index (χ3v) is 4.74. The lowest BCUT2D eigenvalue weighted by atomic mass is 10.0. The van der Waals surface area contributed by atoms with E-state index in [4.69, 9.17) is 0 Å². The van der Waals surface area contributed by atoms with Crippen molar-refractivity contribution in [2.45, 2.75) is 38.3 Å². The van der Waals surface area contributed by atoms with Crippen LogP contribution in [0.25, 0.3) is 0 Å². The van der Waals surface area contributed by atoms with E-state index in [-0.39, 0.29) is 11.9 Å². The number of rotatable bonds is 3. The van der Waals surface area contributed by atoms with E-state index < -0.39 is 0 Å². The monoisotopic (exact) mass is 287 g/mol. The molecule has 2 unspecified atom stereocenters. The van der Waals surface area contributed by atoms with E-state index in [1.54, 1.807) is 0 Å². The van der Waals surface area contributed by atoms with Gasteiger partial charge in [-0.3, -0.25) is 4.79 Å². The molecule has 0 spiro atoms. The smallest absolute Gasteiger partial charge is 0.245 e. The first-order valence-corrected chi connectivity index (χ1v) is 8.06. The molecule has 0 saturated carbocycles. The summed E-state index contributed by atoms with van der Waals surface area (Å²) in [6, 6.07) is 9.01. The average Bonchev–Trinajstić information content (AvgIpc) is 2.73.